The van der Waals surface area contributed by atoms with E-state index < -0.39 is 18.5 Å². The van der Waals surface area contributed by atoms with Crippen LogP contribution in [0, 0.1) is 0 Å². The van der Waals surface area contributed by atoms with Crippen LogP contribution in [0.4, 0.5) is 11.4 Å². The predicted octanol–water partition coefficient (Wildman–Crippen LogP) is 5.29. The van der Waals surface area contributed by atoms with Crippen molar-refractivity contribution in [2.45, 2.75) is 65.6 Å². The Morgan fingerprint density at radius 3 is 1.46 bits per heavy atom. The van der Waals surface area contributed by atoms with Crippen LogP contribution in [0.1, 0.15) is 82.5 Å². The van der Waals surface area contributed by atoms with Gasteiger partial charge in [-0.2, -0.15) is 0 Å². The van der Waals surface area contributed by atoms with Crippen molar-refractivity contribution in [2.24, 2.45) is 0 Å². The third-order valence-electron chi connectivity index (χ3n) is 11.5. The zero-order chi connectivity index (χ0) is 37.8. The maximum atomic E-state index is 14.4. The summed E-state index contributed by atoms with van der Waals surface area (Å²) in [6.45, 7) is 15.2. The molecule has 4 aliphatic heterocycles. The molecule has 0 radical (unpaired) electrons. The fourth-order valence-corrected chi connectivity index (χ4v) is 9.00. The van der Waals surface area contributed by atoms with Gasteiger partial charge in [-0.25, -0.2) is 0 Å². The Morgan fingerprint density at radius 1 is 0.611 bits per heavy atom. The second-order valence-electron chi connectivity index (χ2n) is 14.8. The highest BCUT2D eigenvalue weighted by Gasteiger charge is 2.43. The molecule has 4 aromatic carbocycles. The number of anilines is 2. The van der Waals surface area contributed by atoms with Crippen molar-refractivity contribution in [3.05, 3.63) is 82.9 Å². The maximum Gasteiger partial charge on any atom is 0.262 e. The number of nitrogens with one attached hydrogen (secondary N) is 1. The second kappa shape index (κ2) is 14.4. The number of rotatable bonds is 10. The van der Waals surface area contributed by atoms with Crippen LogP contribution in [-0.4, -0.2) is 115 Å². The van der Waals surface area contributed by atoms with Crippen LogP contribution in [0.5, 0.6) is 0 Å². The smallest absolute Gasteiger partial charge is 0.262 e. The molecular weight excluding hydrogens is 684 g/mol. The molecule has 2 saturated heterocycles. The Bertz CT molecular complexity index is 2110. The molecule has 4 heterocycles. The summed E-state index contributed by atoms with van der Waals surface area (Å²) in [5.41, 5.74) is 3.95. The van der Waals surface area contributed by atoms with Gasteiger partial charge in [0.1, 0.15) is 0 Å². The second-order valence-corrected chi connectivity index (χ2v) is 14.8. The van der Waals surface area contributed by atoms with E-state index in [0.717, 1.165) is 48.3 Å². The van der Waals surface area contributed by atoms with Gasteiger partial charge in [-0.1, -0.05) is 31.2 Å². The highest BCUT2D eigenvalue weighted by molar-refractivity contribution is 6.28. The zero-order valence-electron chi connectivity index (χ0n) is 31.6. The minimum Gasteiger partial charge on any atom is -0.378 e. The number of benzene rings is 4. The SMILES string of the molecule is CCC(NC(C)N1C(=O)c2cccc3c(N4CCOCC4)ccc(c23)C1=O)N(C(C)C)C(C)N1C(=O)c2cccc3c(N4CCOCC4)ccc(c23)C1=O. The summed E-state index contributed by atoms with van der Waals surface area (Å²) in [4.78, 5) is 66.5. The van der Waals surface area contributed by atoms with E-state index in [-0.39, 0.29) is 29.7 Å². The van der Waals surface area contributed by atoms with Crippen molar-refractivity contribution in [3.8, 4) is 0 Å². The summed E-state index contributed by atoms with van der Waals surface area (Å²) in [6, 6.07) is 18.8. The van der Waals surface area contributed by atoms with Gasteiger partial charge in [0.25, 0.3) is 23.6 Å². The van der Waals surface area contributed by atoms with Crippen LogP contribution in [0.2, 0.25) is 0 Å². The third kappa shape index (κ3) is 5.83. The molecule has 3 unspecified atom stereocenters. The van der Waals surface area contributed by atoms with Crippen molar-refractivity contribution in [3.63, 3.8) is 0 Å². The van der Waals surface area contributed by atoms with Crippen LogP contribution in [0.3, 0.4) is 0 Å². The van der Waals surface area contributed by atoms with Crippen LogP contribution in [-0.2, 0) is 9.47 Å². The van der Waals surface area contributed by atoms with Gasteiger partial charge >= 0.3 is 0 Å². The Labute approximate surface area is 315 Å². The standard InChI is InChI=1S/C42H48N6O6/c1-6-36(43-26(4)47-39(49)30-11-7-9-28-34(44-17-21-53-22-18-44)15-13-32(37(28)30)40(47)50)46(25(2)3)27(5)48-41(51)31-12-8-10-29-35(45-19-23-54-24-20-45)16-14-33(38(29)31)42(48)52/h7-16,25-27,36,43H,6,17-24H2,1-5H3. The highest BCUT2D eigenvalue weighted by atomic mass is 16.5. The Kier molecular flexibility index (Phi) is 9.63. The van der Waals surface area contributed by atoms with Gasteiger partial charge < -0.3 is 19.3 Å². The molecule has 4 aliphatic rings. The molecule has 0 aliphatic carbocycles. The first kappa shape index (κ1) is 36.1. The number of carbonyl (C=O) groups is 4. The molecular formula is C42H48N6O6. The molecule has 12 heteroatoms. The van der Waals surface area contributed by atoms with Gasteiger partial charge in [0, 0.05) is 87.4 Å². The van der Waals surface area contributed by atoms with E-state index in [1.807, 2.05) is 83.1 Å². The molecule has 1 N–H and O–H groups in total. The monoisotopic (exact) mass is 732 g/mol. The number of imide groups is 2. The topological polar surface area (TPSA) is 115 Å². The van der Waals surface area contributed by atoms with Gasteiger partial charge in [0.2, 0.25) is 0 Å². The van der Waals surface area contributed by atoms with Crippen molar-refractivity contribution in [1.29, 1.82) is 0 Å². The predicted molar refractivity (Wildman–Crippen MR) is 208 cm³/mol. The highest BCUT2D eigenvalue weighted by Crippen LogP contribution is 2.39. The quantitative estimate of drug-likeness (QED) is 0.171. The number of hydrogen-bond acceptors (Lipinski definition) is 10. The Morgan fingerprint density at radius 2 is 1.04 bits per heavy atom. The lowest BCUT2D eigenvalue weighted by molar-refractivity contribution is -0.00988. The maximum absolute atomic E-state index is 14.4. The average molecular weight is 733 g/mol. The largest absolute Gasteiger partial charge is 0.378 e. The summed E-state index contributed by atoms with van der Waals surface area (Å²) in [6.07, 6.45) is -1.19. The Hall–Kier alpha value is -4.88. The fraction of sp³-hybridized carbons (Fsp3) is 0.429. The van der Waals surface area contributed by atoms with Crippen molar-refractivity contribution in [2.75, 3.05) is 62.4 Å². The van der Waals surface area contributed by atoms with E-state index in [1.54, 1.807) is 12.1 Å². The Balaban J connectivity index is 1.07. The number of ether oxygens (including phenoxy) is 2. The lowest BCUT2D eigenvalue weighted by atomic mass is 9.92. The van der Waals surface area contributed by atoms with Gasteiger partial charge in [0.05, 0.1) is 44.9 Å². The van der Waals surface area contributed by atoms with Crippen molar-refractivity contribution >= 4 is 56.5 Å². The molecule has 0 saturated carbocycles. The molecule has 54 heavy (non-hydrogen) atoms. The number of amides is 4. The summed E-state index contributed by atoms with van der Waals surface area (Å²) < 4.78 is 11.1. The van der Waals surface area contributed by atoms with E-state index in [4.69, 9.17) is 9.47 Å². The van der Waals surface area contributed by atoms with E-state index in [9.17, 15) is 19.2 Å². The van der Waals surface area contributed by atoms with Crippen molar-refractivity contribution < 1.29 is 28.7 Å². The summed E-state index contributed by atoms with van der Waals surface area (Å²) in [7, 11) is 0. The molecule has 282 valence electrons. The van der Waals surface area contributed by atoms with E-state index in [1.165, 1.54) is 9.80 Å². The van der Waals surface area contributed by atoms with Crippen LogP contribution in [0.25, 0.3) is 21.5 Å². The molecule has 12 nitrogen and oxygen atoms in total. The first-order valence-corrected chi connectivity index (χ1v) is 19.2. The first-order chi connectivity index (χ1) is 26.1. The average Bonchev–Trinajstić information content (AvgIpc) is 3.19. The van der Waals surface area contributed by atoms with Crippen LogP contribution < -0.4 is 15.1 Å². The number of hydrogen-bond donors (Lipinski definition) is 1. The van der Waals surface area contributed by atoms with Gasteiger partial charge in [-0.3, -0.25) is 39.2 Å². The van der Waals surface area contributed by atoms with Gasteiger partial charge in [0.15, 0.2) is 0 Å². The molecule has 4 amide bonds. The molecule has 4 aromatic rings. The van der Waals surface area contributed by atoms with Crippen molar-refractivity contribution in [1.82, 2.24) is 20.0 Å². The third-order valence-corrected chi connectivity index (χ3v) is 11.5. The fourth-order valence-electron chi connectivity index (χ4n) is 9.00. The lowest BCUT2D eigenvalue weighted by Gasteiger charge is -2.46. The van der Waals surface area contributed by atoms with E-state index in [2.05, 4.69) is 20.0 Å². The zero-order valence-corrected chi connectivity index (χ0v) is 31.6. The molecule has 3 atom stereocenters. The molecule has 0 aromatic heterocycles. The van der Waals surface area contributed by atoms with Crippen LogP contribution in [0.15, 0.2) is 60.7 Å². The molecule has 0 bridgehead atoms. The molecule has 0 spiro atoms. The number of morpholine rings is 2. The minimum absolute atomic E-state index is 0.119. The van der Waals surface area contributed by atoms with E-state index >= 15 is 0 Å². The number of nitrogens with zero attached hydrogens (tertiary/aromatic N) is 5. The summed E-state index contributed by atoms with van der Waals surface area (Å²) in [5.74, 6) is -1.42. The lowest BCUT2D eigenvalue weighted by Crippen LogP contribution is -2.64. The van der Waals surface area contributed by atoms with Gasteiger partial charge in [-0.05, 0) is 70.5 Å². The molecule has 8 rings (SSSR count). The van der Waals surface area contributed by atoms with Gasteiger partial charge in [-0.15, -0.1) is 0 Å². The minimum atomic E-state index is -0.702. The molecule has 2 fully saturated rings. The first-order valence-electron chi connectivity index (χ1n) is 19.2. The summed E-state index contributed by atoms with van der Waals surface area (Å²) >= 11 is 0. The summed E-state index contributed by atoms with van der Waals surface area (Å²) in [5, 5.41) is 6.69. The van der Waals surface area contributed by atoms with E-state index in [0.29, 0.717) is 65.9 Å². The number of carbonyl (C=O) groups excluding carboxylic acids is 4. The van der Waals surface area contributed by atoms with Crippen LogP contribution >= 0.6 is 0 Å². The normalized spacial score (nSPS) is 19.5.